The van der Waals surface area contributed by atoms with E-state index in [1.165, 1.54) is 11.3 Å². The third kappa shape index (κ3) is 3.79. The van der Waals surface area contributed by atoms with Crippen molar-refractivity contribution in [2.24, 2.45) is 0 Å². The number of aliphatic carboxylic acids is 1. The van der Waals surface area contributed by atoms with E-state index in [0.29, 0.717) is 24.8 Å². The molecule has 0 saturated heterocycles. The monoisotopic (exact) mass is 356 g/mol. The summed E-state index contributed by atoms with van der Waals surface area (Å²) >= 11 is 1.52. The van der Waals surface area contributed by atoms with E-state index in [4.69, 9.17) is 10.1 Å². The topological polar surface area (TPSA) is 72.2 Å². The molecule has 130 valence electrons. The van der Waals surface area contributed by atoms with Gasteiger partial charge in [-0.05, 0) is 24.5 Å². The molecule has 0 radical (unpaired) electrons. The molecule has 0 aliphatic heterocycles. The summed E-state index contributed by atoms with van der Waals surface area (Å²) in [4.78, 5) is 30.2. The lowest BCUT2D eigenvalue weighted by molar-refractivity contribution is -0.137. The van der Waals surface area contributed by atoms with Crippen LogP contribution in [0.25, 0.3) is 20.7 Å². The minimum absolute atomic E-state index is 0.0505. The second-order valence-corrected chi connectivity index (χ2v) is 6.96. The molecule has 1 N–H and O–H groups in total. The Labute approximate surface area is 149 Å². The standard InChI is InChI=1S/C19H20N2O3S/c1-2-7-16-20-18-14(19(24)21(16)11-6-10-17(22)23)12-15(25-18)13-8-4-3-5-9-13/h3-5,8-9,12H,2,6-7,10-11H2,1H3,(H,22,23). The van der Waals surface area contributed by atoms with Crippen molar-refractivity contribution in [2.75, 3.05) is 0 Å². The smallest absolute Gasteiger partial charge is 0.303 e. The zero-order chi connectivity index (χ0) is 17.8. The molecule has 0 unspecified atom stereocenters. The molecule has 1 aromatic carbocycles. The lowest BCUT2D eigenvalue weighted by Gasteiger charge is -2.11. The van der Waals surface area contributed by atoms with Gasteiger partial charge in [-0.2, -0.15) is 0 Å². The van der Waals surface area contributed by atoms with Gasteiger partial charge in [0.1, 0.15) is 10.7 Å². The van der Waals surface area contributed by atoms with Gasteiger partial charge in [0, 0.05) is 24.3 Å². The number of benzene rings is 1. The summed E-state index contributed by atoms with van der Waals surface area (Å²) in [6, 6.07) is 11.8. The number of carbonyl (C=O) groups is 1. The Hall–Kier alpha value is -2.47. The van der Waals surface area contributed by atoms with Crippen molar-refractivity contribution < 1.29 is 9.90 Å². The van der Waals surface area contributed by atoms with Gasteiger partial charge in [0.15, 0.2) is 0 Å². The molecule has 2 heterocycles. The van der Waals surface area contributed by atoms with Crippen LogP contribution in [0.3, 0.4) is 0 Å². The Morgan fingerprint density at radius 1 is 1.28 bits per heavy atom. The fourth-order valence-corrected chi connectivity index (χ4v) is 3.88. The van der Waals surface area contributed by atoms with Gasteiger partial charge >= 0.3 is 5.97 Å². The van der Waals surface area contributed by atoms with E-state index >= 15 is 0 Å². The van der Waals surface area contributed by atoms with Gasteiger partial charge in [0.05, 0.1) is 5.39 Å². The third-order valence-corrected chi connectivity index (χ3v) is 5.11. The first kappa shape index (κ1) is 17.4. The molecule has 6 heteroatoms. The first-order valence-electron chi connectivity index (χ1n) is 8.40. The van der Waals surface area contributed by atoms with Crippen molar-refractivity contribution in [1.82, 2.24) is 9.55 Å². The highest BCUT2D eigenvalue weighted by Gasteiger charge is 2.14. The summed E-state index contributed by atoms with van der Waals surface area (Å²) in [7, 11) is 0. The van der Waals surface area contributed by atoms with Crippen molar-refractivity contribution in [3.8, 4) is 10.4 Å². The van der Waals surface area contributed by atoms with E-state index in [0.717, 1.165) is 27.5 Å². The molecule has 0 aliphatic carbocycles. The Kier molecular flexibility index (Phi) is 5.28. The third-order valence-electron chi connectivity index (χ3n) is 4.03. The molecule has 0 saturated carbocycles. The average molecular weight is 356 g/mol. The van der Waals surface area contributed by atoms with Crippen LogP contribution in [0.15, 0.2) is 41.2 Å². The van der Waals surface area contributed by atoms with Gasteiger partial charge in [-0.15, -0.1) is 11.3 Å². The largest absolute Gasteiger partial charge is 0.481 e. The number of aromatic nitrogens is 2. The molecule has 0 bridgehead atoms. The first-order chi connectivity index (χ1) is 12.1. The first-order valence-corrected chi connectivity index (χ1v) is 9.22. The lowest BCUT2D eigenvalue weighted by atomic mass is 10.2. The van der Waals surface area contributed by atoms with Crippen LogP contribution < -0.4 is 5.56 Å². The quantitative estimate of drug-likeness (QED) is 0.696. The predicted molar refractivity (Wildman–Crippen MR) is 100 cm³/mol. The normalized spacial score (nSPS) is 11.1. The van der Waals surface area contributed by atoms with Crippen LogP contribution in [0.2, 0.25) is 0 Å². The second-order valence-electron chi connectivity index (χ2n) is 5.93. The highest BCUT2D eigenvalue weighted by Crippen LogP contribution is 2.31. The van der Waals surface area contributed by atoms with Gasteiger partial charge in [-0.3, -0.25) is 14.2 Å². The maximum atomic E-state index is 12.9. The minimum atomic E-state index is -0.846. The molecule has 2 aromatic heterocycles. The van der Waals surface area contributed by atoms with Gasteiger partial charge in [0.2, 0.25) is 0 Å². The summed E-state index contributed by atoms with van der Waals surface area (Å²) in [5, 5.41) is 9.44. The fraction of sp³-hybridized carbons (Fsp3) is 0.316. The predicted octanol–water partition coefficient (Wildman–Crippen LogP) is 3.94. The minimum Gasteiger partial charge on any atom is -0.481 e. The number of fused-ring (bicyclic) bond motifs is 1. The van der Waals surface area contributed by atoms with Crippen LogP contribution in [-0.4, -0.2) is 20.6 Å². The van der Waals surface area contributed by atoms with Crippen molar-refractivity contribution >= 4 is 27.5 Å². The summed E-state index contributed by atoms with van der Waals surface area (Å²) < 4.78 is 1.65. The summed E-state index contributed by atoms with van der Waals surface area (Å²) in [5.74, 6) is -0.104. The molecule has 0 atom stereocenters. The summed E-state index contributed by atoms with van der Waals surface area (Å²) in [6.07, 6.45) is 2.06. The Bertz CT molecular complexity index is 944. The molecule has 3 rings (SSSR count). The zero-order valence-electron chi connectivity index (χ0n) is 14.1. The number of aryl methyl sites for hydroxylation is 1. The number of hydrogen-bond donors (Lipinski definition) is 1. The zero-order valence-corrected chi connectivity index (χ0v) is 14.9. The Morgan fingerprint density at radius 2 is 2.04 bits per heavy atom. The molecular formula is C19H20N2O3S. The van der Waals surface area contributed by atoms with Crippen LogP contribution in [0.5, 0.6) is 0 Å². The van der Waals surface area contributed by atoms with E-state index in [-0.39, 0.29) is 12.0 Å². The van der Waals surface area contributed by atoms with Crippen LogP contribution >= 0.6 is 11.3 Å². The van der Waals surface area contributed by atoms with Gasteiger partial charge in [-0.1, -0.05) is 37.3 Å². The van der Waals surface area contributed by atoms with E-state index < -0.39 is 5.97 Å². The molecule has 0 aliphatic rings. The number of thiophene rings is 1. The molecule has 0 amide bonds. The molecular weight excluding hydrogens is 336 g/mol. The maximum absolute atomic E-state index is 12.9. The average Bonchev–Trinajstić information content (AvgIpc) is 3.03. The van der Waals surface area contributed by atoms with Crippen molar-refractivity contribution in [3.05, 3.63) is 52.6 Å². The van der Waals surface area contributed by atoms with E-state index in [9.17, 15) is 9.59 Å². The lowest BCUT2D eigenvalue weighted by Crippen LogP contribution is -2.25. The van der Waals surface area contributed by atoms with Crippen molar-refractivity contribution in [2.45, 2.75) is 39.2 Å². The number of carboxylic acids is 1. The van der Waals surface area contributed by atoms with Gasteiger partial charge in [-0.25, -0.2) is 4.98 Å². The number of nitrogens with zero attached hydrogens (tertiary/aromatic N) is 2. The summed E-state index contributed by atoms with van der Waals surface area (Å²) in [6.45, 7) is 2.43. The van der Waals surface area contributed by atoms with E-state index in [2.05, 4.69) is 0 Å². The molecule has 25 heavy (non-hydrogen) atoms. The van der Waals surface area contributed by atoms with E-state index in [1.54, 1.807) is 4.57 Å². The number of hydrogen-bond acceptors (Lipinski definition) is 4. The molecule has 0 fully saturated rings. The van der Waals surface area contributed by atoms with Gasteiger partial charge in [0.25, 0.3) is 5.56 Å². The van der Waals surface area contributed by atoms with Crippen LogP contribution in [0.4, 0.5) is 0 Å². The molecule has 5 nitrogen and oxygen atoms in total. The number of carboxylic acid groups (broad SMARTS) is 1. The Morgan fingerprint density at radius 3 is 2.72 bits per heavy atom. The Balaban J connectivity index is 2.05. The second kappa shape index (κ2) is 7.61. The van der Waals surface area contributed by atoms with Crippen molar-refractivity contribution in [1.29, 1.82) is 0 Å². The van der Waals surface area contributed by atoms with Crippen molar-refractivity contribution in [3.63, 3.8) is 0 Å². The highest BCUT2D eigenvalue weighted by atomic mass is 32.1. The van der Waals surface area contributed by atoms with E-state index in [1.807, 2.05) is 43.3 Å². The maximum Gasteiger partial charge on any atom is 0.303 e. The van der Waals surface area contributed by atoms with Crippen LogP contribution in [-0.2, 0) is 17.8 Å². The number of rotatable bonds is 7. The van der Waals surface area contributed by atoms with Gasteiger partial charge < -0.3 is 5.11 Å². The molecule has 0 spiro atoms. The SMILES string of the molecule is CCCc1nc2sc(-c3ccccc3)cc2c(=O)n1CCCC(=O)O. The summed E-state index contributed by atoms with van der Waals surface area (Å²) in [5.41, 5.74) is 0.997. The van der Waals surface area contributed by atoms with Crippen LogP contribution in [0, 0.1) is 0 Å². The fourth-order valence-electron chi connectivity index (χ4n) is 2.84. The molecule has 3 aromatic rings. The van der Waals surface area contributed by atoms with Crippen LogP contribution in [0.1, 0.15) is 32.0 Å². The highest BCUT2D eigenvalue weighted by molar-refractivity contribution is 7.21.